The maximum atomic E-state index is 11.6. The highest BCUT2D eigenvalue weighted by Gasteiger charge is 2.29. The van der Waals surface area contributed by atoms with Crippen LogP contribution >= 0.6 is 0 Å². The van der Waals surface area contributed by atoms with Crippen LogP contribution in [0.3, 0.4) is 0 Å². The lowest BCUT2D eigenvalue weighted by atomic mass is 9.88. The van der Waals surface area contributed by atoms with E-state index in [1.54, 1.807) is 20.8 Å². The Hall–Kier alpha value is -0.820. The lowest BCUT2D eigenvalue weighted by molar-refractivity contribution is 0.0505. The number of alkyl carbamates (subject to hydrolysis) is 1. The summed E-state index contributed by atoms with van der Waals surface area (Å²) in [6, 6.07) is 0. The molecule has 0 aromatic heterocycles. The first-order chi connectivity index (χ1) is 9.13. The third-order valence-corrected chi connectivity index (χ3v) is 5.12. The van der Waals surface area contributed by atoms with Gasteiger partial charge >= 0.3 is 6.09 Å². The maximum absolute atomic E-state index is 11.6. The van der Waals surface area contributed by atoms with Gasteiger partial charge in [-0.2, -0.15) is 0 Å². The zero-order chi connectivity index (χ0) is 15.4. The zero-order valence-electron chi connectivity index (χ0n) is 12.4. The Morgan fingerprint density at radius 2 is 1.80 bits per heavy atom. The second-order valence-corrected chi connectivity index (χ2v) is 8.62. The van der Waals surface area contributed by atoms with Crippen molar-refractivity contribution in [1.82, 2.24) is 5.32 Å². The SMILES string of the molecule is CC(C)(C)OC(=O)NC[C@@H]1CCS(=O)(=O)CC[C@H]1CO. The average molecular weight is 307 g/mol. The van der Waals surface area contributed by atoms with Crippen molar-refractivity contribution in [3.8, 4) is 0 Å². The molecule has 0 aromatic carbocycles. The van der Waals surface area contributed by atoms with Crippen molar-refractivity contribution in [2.75, 3.05) is 24.7 Å². The molecule has 118 valence electrons. The Labute approximate surface area is 120 Å². The van der Waals surface area contributed by atoms with Gasteiger partial charge in [-0.25, -0.2) is 13.2 Å². The molecule has 0 radical (unpaired) electrons. The zero-order valence-corrected chi connectivity index (χ0v) is 13.2. The lowest BCUT2D eigenvalue weighted by Gasteiger charge is -2.24. The van der Waals surface area contributed by atoms with Crippen LogP contribution in [-0.2, 0) is 14.6 Å². The van der Waals surface area contributed by atoms with Crippen LogP contribution in [0.1, 0.15) is 33.6 Å². The summed E-state index contributed by atoms with van der Waals surface area (Å²) in [5, 5.41) is 12.0. The third-order valence-electron chi connectivity index (χ3n) is 3.41. The molecule has 2 atom stereocenters. The summed E-state index contributed by atoms with van der Waals surface area (Å²) in [6.45, 7) is 5.61. The smallest absolute Gasteiger partial charge is 0.407 e. The molecule has 1 rings (SSSR count). The number of ether oxygens (including phenoxy) is 1. The van der Waals surface area contributed by atoms with Crippen LogP contribution in [0, 0.1) is 11.8 Å². The molecule has 0 saturated carbocycles. The Bertz CT molecular complexity index is 427. The van der Waals surface area contributed by atoms with E-state index in [4.69, 9.17) is 4.74 Å². The average Bonchev–Trinajstić information content (AvgIpc) is 2.43. The van der Waals surface area contributed by atoms with Crippen molar-refractivity contribution in [3.63, 3.8) is 0 Å². The summed E-state index contributed by atoms with van der Waals surface area (Å²) in [4.78, 5) is 11.6. The van der Waals surface area contributed by atoms with Gasteiger partial charge in [0.25, 0.3) is 0 Å². The predicted molar refractivity (Wildman–Crippen MR) is 76.2 cm³/mol. The van der Waals surface area contributed by atoms with Crippen molar-refractivity contribution < 1.29 is 23.1 Å². The minimum absolute atomic E-state index is 0.0372. The van der Waals surface area contributed by atoms with Gasteiger partial charge in [0.05, 0.1) is 11.5 Å². The predicted octanol–water partition coefficient (Wildman–Crippen LogP) is 0.944. The first-order valence-corrected chi connectivity index (χ1v) is 8.73. The van der Waals surface area contributed by atoms with Gasteiger partial charge in [0.15, 0.2) is 0 Å². The topological polar surface area (TPSA) is 92.7 Å². The number of aliphatic hydroxyl groups is 1. The van der Waals surface area contributed by atoms with E-state index in [2.05, 4.69) is 5.32 Å². The van der Waals surface area contributed by atoms with Gasteiger partial charge in [-0.15, -0.1) is 0 Å². The Balaban J connectivity index is 2.54. The molecule has 0 aliphatic carbocycles. The molecule has 1 amide bonds. The first kappa shape index (κ1) is 17.2. The number of nitrogens with one attached hydrogen (secondary N) is 1. The second kappa shape index (κ2) is 6.76. The number of hydrogen-bond acceptors (Lipinski definition) is 5. The van der Waals surface area contributed by atoms with Crippen LogP contribution in [0.25, 0.3) is 0 Å². The molecule has 7 heteroatoms. The van der Waals surface area contributed by atoms with Gasteiger partial charge in [0, 0.05) is 13.2 Å². The number of sulfone groups is 1. The molecule has 0 aromatic rings. The van der Waals surface area contributed by atoms with Crippen LogP contribution < -0.4 is 5.32 Å². The normalized spacial score (nSPS) is 26.6. The van der Waals surface area contributed by atoms with Gasteiger partial charge in [-0.05, 0) is 45.4 Å². The Morgan fingerprint density at radius 1 is 1.25 bits per heavy atom. The van der Waals surface area contributed by atoms with Crippen molar-refractivity contribution >= 4 is 15.9 Å². The Kier molecular flexibility index (Phi) is 5.82. The fourth-order valence-corrected chi connectivity index (χ4v) is 3.80. The fraction of sp³-hybridized carbons (Fsp3) is 0.923. The summed E-state index contributed by atoms with van der Waals surface area (Å²) in [7, 11) is -3.02. The lowest BCUT2D eigenvalue weighted by Crippen LogP contribution is -2.37. The van der Waals surface area contributed by atoms with Gasteiger partial charge in [-0.3, -0.25) is 0 Å². The molecule has 20 heavy (non-hydrogen) atoms. The molecule has 1 aliphatic heterocycles. The number of hydrogen-bond donors (Lipinski definition) is 2. The molecule has 6 nitrogen and oxygen atoms in total. The van der Waals surface area contributed by atoms with Crippen LogP contribution in [-0.4, -0.2) is 49.9 Å². The van der Waals surface area contributed by atoms with E-state index in [1.165, 1.54) is 0 Å². The number of aliphatic hydroxyl groups excluding tert-OH is 1. The molecular weight excluding hydrogens is 282 g/mol. The van der Waals surface area contributed by atoms with Crippen molar-refractivity contribution in [2.24, 2.45) is 11.8 Å². The highest BCUT2D eigenvalue weighted by Crippen LogP contribution is 2.24. The van der Waals surface area contributed by atoms with Gasteiger partial charge in [-0.1, -0.05) is 0 Å². The van der Waals surface area contributed by atoms with Gasteiger partial charge in [0.2, 0.25) is 0 Å². The van der Waals surface area contributed by atoms with Crippen molar-refractivity contribution in [2.45, 2.75) is 39.2 Å². The largest absolute Gasteiger partial charge is 0.444 e. The summed E-state index contributed by atoms with van der Waals surface area (Å²) in [5.41, 5.74) is -0.562. The first-order valence-electron chi connectivity index (χ1n) is 6.91. The maximum Gasteiger partial charge on any atom is 0.407 e. The summed E-state index contributed by atoms with van der Waals surface area (Å²) in [5.74, 6) is 0.0951. The van der Waals surface area contributed by atoms with E-state index in [0.29, 0.717) is 19.4 Å². The summed E-state index contributed by atoms with van der Waals surface area (Å²) < 4.78 is 28.4. The molecule has 2 N–H and O–H groups in total. The van der Waals surface area contributed by atoms with Crippen molar-refractivity contribution in [1.29, 1.82) is 0 Å². The van der Waals surface area contributed by atoms with Crippen molar-refractivity contribution in [3.05, 3.63) is 0 Å². The molecule has 1 heterocycles. The number of carbonyl (C=O) groups excluding carboxylic acids is 1. The minimum Gasteiger partial charge on any atom is -0.444 e. The molecule has 0 unspecified atom stereocenters. The van der Waals surface area contributed by atoms with Crippen LogP contribution in [0.15, 0.2) is 0 Å². The molecule has 0 bridgehead atoms. The fourth-order valence-electron chi connectivity index (χ4n) is 2.27. The van der Waals surface area contributed by atoms with E-state index >= 15 is 0 Å². The molecule has 1 saturated heterocycles. The van der Waals surface area contributed by atoms with E-state index in [1.807, 2.05) is 0 Å². The monoisotopic (exact) mass is 307 g/mol. The number of rotatable bonds is 3. The molecule has 1 aliphatic rings. The molecule has 0 spiro atoms. The minimum atomic E-state index is -3.02. The highest BCUT2D eigenvalue weighted by atomic mass is 32.2. The standard InChI is InChI=1S/C13H25NO5S/c1-13(2,3)19-12(16)14-8-10-4-6-20(17,18)7-5-11(10)9-15/h10-11,15H,4-9H2,1-3H3,(H,14,16)/t10-,11-/m0/s1. The highest BCUT2D eigenvalue weighted by molar-refractivity contribution is 7.91. The molecular formula is C13H25NO5S. The number of carbonyl (C=O) groups is 1. The van der Waals surface area contributed by atoms with E-state index < -0.39 is 21.5 Å². The van der Waals surface area contributed by atoms with E-state index in [0.717, 1.165) is 0 Å². The van der Waals surface area contributed by atoms with Gasteiger partial charge < -0.3 is 15.2 Å². The quantitative estimate of drug-likeness (QED) is 0.809. The summed E-state index contributed by atoms with van der Waals surface area (Å²) >= 11 is 0. The summed E-state index contributed by atoms with van der Waals surface area (Å²) in [6.07, 6.45) is 0.393. The second-order valence-electron chi connectivity index (χ2n) is 6.31. The Morgan fingerprint density at radius 3 is 2.30 bits per heavy atom. The molecule has 1 fully saturated rings. The van der Waals surface area contributed by atoms with E-state index in [9.17, 15) is 18.3 Å². The van der Waals surface area contributed by atoms with Gasteiger partial charge in [0.1, 0.15) is 15.4 Å². The third kappa shape index (κ3) is 6.09. The number of amides is 1. The van der Waals surface area contributed by atoms with Crippen LogP contribution in [0.4, 0.5) is 4.79 Å². The van der Waals surface area contributed by atoms with E-state index in [-0.39, 0.29) is 29.9 Å². The van der Waals surface area contributed by atoms with Crippen LogP contribution in [0.2, 0.25) is 0 Å². The van der Waals surface area contributed by atoms with Crippen LogP contribution in [0.5, 0.6) is 0 Å².